The molecular formula is C11H10N2O3. The Balaban J connectivity index is 2.52. The Kier molecular flexibility index (Phi) is 2.59. The van der Waals surface area contributed by atoms with Gasteiger partial charge in [-0.2, -0.15) is 0 Å². The van der Waals surface area contributed by atoms with Crippen LogP contribution in [0.25, 0.3) is 11.3 Å². The number of hydrogen-bond acceptors (Lipinski definition) is 5. The molecule has 0 saturated heterocycles. The fraction of sp³-hybridized carbons (Fsp3) is 0.0909. The van der Waals surface area contributed by atoms with E-state index in [1.165, 1.54) is 7.11 Å². The molecular weight excluding hydrogens is 208 g/mol. The highest BCUT2D eigenvalue weighted by molar-refractivity contribution is 5.87. The number of aromatic nitrogens is 1. The van der Waals surface area contributed by atoms with Crippen LogP contribution in [0.3, 0.4) is 0 Å². The van der Waals surface area contributed by atoms with Gasteiger partial charge in [0.2, 0.25) is 0 Å². The van der Waals surface area contributed by atoms with E-state index in [9.17, 15) is 4.79 Å². The SMILES string of the molecule is COc1ccc(-c2cc(N)no2)c(C=O)c1. The van der Waals surface area contributed by atoms with Gasteiger partial charge in [0.25, 0.3) is 0 Å². The number of ether oxygens (including phenoxy) is 1. The number of aldehydes is 1. The lowest BCUT2D eigenvalue weighted by Gasteiger charge is -2.03. The van der Waals surface area contributed by atoms with E-state index in [1.807, 2.05) is 0 Å². The lowest BCUT2D eigenvalue weighted by molar-refractivity contribution is 0.112. The Labute approximate surface area is 91.8 Å². The number of carbonyl (C=O) groups is 1. The molecule has 0 radical (unpaired) electrons. The van der Waals surface area contributed by atoms with E-state index < -0.39 is 0 Å². The first-order chi connectivity index (χ1) is 7.74. The summed E-state index contributed by atoms with van der Waals surface area (Å²) in [6, 6.07) is 6.65. The summed E-state index contributed by atoms with van der Waals surface area (Å²) < 4.78 is 10.0. The molecule has 1 aromatic carbocycles. The lowest BCUT2D eigenvalue weighted by atomic mass is 10.1. The summed E-state index contributed by atoms with van der Waals surface area (Å²) in [5.41, 5.74) is 6.55. The predicted octanol–water partition coefficient (Wildman–Crippen LogP) is 1.74. The van der Waals surface area contributed by atoms with Crippen LogP contribution in [0.2, 0.25) is 0 Å². The van der Waals surface area contributed by atoms with Crippen molar-refractivity contribution >= 4 is 12.1 Å². The number of rotatable bonds is 3. The summed E-state index contributed by atoms with van der Waals surface area (Å²) in [6.07, 6.45) is 0.733. The summed E-state index contributed by atoms with van der Waals surface area (Å²) in [7, 11) is 1.54. The molecule has 0 unspecified atom stereocenters. The zero-order valence-electron chi connectivity index (χ0n) is 8.64. The predicted molar refractivity (Wildman–Crippen MR) is 58.3 cm³/mol. The average molecular weight is 218 g/mol. The van der Waals surface area contributed by atoms with Gasteiger partial charge < -0.3 is 15.0 Å². The van der Waals surface area contributed by atoms with Crippen molar-refractivity contribution in [2.45, 2.75) is 0 Å². The maximum Gasteiger partial charge on any atom is 0.169 e. The molecule has 82 valence electrons. The molecule has 5 heteroatoms. The Morgan fingerprint density at radius 3 is 2.81 bits per heavy atom. The minimum absolute atomic E-state index is 0.280. The number of hydrogen-bond donors (Lipinski definition) is 1. The van der Waals surface area contributed by atoms with E-state index >= 15 is 0 Å². The number of nitrogen functional groups attached to an aromatic ring is 1. The fourth-order valence-electron chi connectivity index (χ4n) is 1.41. The molecule has 0 amide bonds. The number of carbonyl (C=O) groups excluding carboxylic acids is 1. The molecule has 0 bridgehead atoms. The molecule has 0 aliphatic heterocycles. The molecule has 2 rings (SSSR count). The van der Waals surface area contributed by atoms with Crippen LogP contribution in [-0.4, -0.2) is 18.6 Å². The molecule has 2 N–H and O–H groups in total. The van der Waals surface area contributed by atoms with Gasteiger partial charge in [-0.1, -0.05) is 5.16 Å². The van der Waals surface area contributed by atoms with E-state index in [2.05, 4.69) is 5.16 Å². The van der Waals surface area contributed by atoms with Crippen molar-refractivity contribution in [3.8, 4) is 17.1 Å². The third-order valence-corrected chi connectivity index (χ3v) is 2.18. The molecule has 1 aromatic heterocycles. The molecule has 0 saturated carbocycles. The first-order valence-corrected chi connectivity index (χ1v) is 4.60. The summed E-state index contributed by atoms with van der Waals surface area (Å²) in [5, 5.41) is 3.57. The molecule has 2 aromatic rings. The van der Waals surface area contributed by atoms with Gasteiger partial charge in [0, 0.05) is 17.2 Å². The minimum Gasteiger partial charge on any atom is -0.497 e. The number of nitrogens with two attached hydrogens (primary N) is 1. The summed E-state index contributed by atoms with van der Waals surface area (Å²) >= 11 is 0. The minimum atomic E-state index is 0.280. The standard InChI is InChI=1S/C11H10N2O3/c1-15-8-2-3-9(7(4-8)6-14)10-5-11(12)13-16-10/h2-6H,1H3,(H2,12,13). The lowest BCUT2D eigenvalue weighted by Crippen LogP contribution is -1.89. The fourth-order valence-corrected chi connectivity index (χ4v) is 1.41. The van der Waals surface area contributed by atoms with Crippen molar-refractivity contribution in [1.82, 2.24) is 5.16 Å². The zero-order valence-corrected chi connectivity index (χ0v) is 8.64. The van der Waals surface area contributed by atoms with Gasteiger partial charge in [0.1, 0.15) is 5.75 Å². The zero-order chi connectivity index (χ0) is 11.5. The highest BCUT2D eigenvalue weighted by Crippen LogP contribution is 2.27. The third-order valence-electron chi connectivity index (χ3n) is 2.18. The van der Waals surface area contributed by atoms with Crippen molar-refractivity contribution < 1.29 is 14.1 Å². The quantitative estimate of drug-likeness (QED) is 0.794. The van der Waals surface area contributed by atoms with E-state index in [0.29, 0.717) is 22.6 Å². The van der Waals surface area contributed by atoms with Gasteiger partial charge >= 0.3 is 0 Å². The van der Waals surface area contributed by atoms with Gasteiger partial charge in [-0.05, 0) is 18.2 Å². The van der Waals surface area contributed by atoms with E-state index in [4.69, 9.17) is 15.0 Å². The molecule has 0 spiro atoms. The van der Waals surface area contributed by atoms with Crippen molar-refractivity contribution in [2.24, 2.45) is 0 Å². The van der Waals surface area contributed by atoms with Crippen LogP contribution in [0.1, 0.15) is 10.4 Å². The Morgan fingerprint density at radius 1 is 1.44 bits per heavy atom. The van der Waals surface area contributed by atoms with Crippen LogP contribution in [0, 0.1) is 0 Å². The second kappa shape index (κ2) is 4.06. The van der Waals surface area contributed by atoms with Crippen LogP contribution in [0.15, 0.2) is 28.8 Å². The molecule has 0 atom stereocenters. The van der Waals surface area contributed by atoms with Crippen LogP contribution in [0.4, 0.5) is 5.82 Å². The van der Waals surface area contributed by atoms with Crippen LogP contribution < -0.4 is 10.5 Å². The number of benzene rings is 1. The molecule has 0 aliphatic carbocycles. The molecule has 1 heterocycles. The van der Waals surface area contributed by atoms with Crippen molar-refractivity contribution in [3.63, 3.8) is 0 Å². The first-order valence-electron chi connectivity index (χ1n) is 4.60. The summed E-state index contributed by atoms with van der Waals surface area (Å²) in [5.74, 6) is 1.35. The van der Waals surface area contributed by atoms with E-state index in [-0.39, 0.29) is 5.82 Å². The third kappa shape index (κ3) is 1.75. The molecule has 5 nitrogen and oxygen atoms in total. The highest BCUT2D eigenvalue weighted by atomic mass is 16.5. The number of methoxy groups -OCH3 is 1. The van der Waals surface area contributed by atoms with Crippen molar-refractivity contribution in [1.29, 1.82) is 0 Å². The van der Waals surface area contributed by atoms with Gasteiger partial charge in [-0.15, -0.1) is 0 Å². The largest absolute Gasteiger partial charge is 0.497 e. The number of nitrogens with zero attached hydrogens (tertiary/aromatic N) is 1. The van der Waals surface area contributed by atoms with Gasteiger partial charge in [0.05, 0.1) is 7.11 Å². The molecule has 16 heavy (non-hydrogen) atoms. The Hall–Kier alpha value is -2.30. The second-order valence-corrected chi connectivity index (χ2v) is 3.19. The maximum absolute atomic E-state index is 10.9. The molecule has 0 aliphatic rings. The van der Waals surface area contributed by atoms with Crippen LogP contribution in [0.5, 0.6) is 5.75 Å². The van der Waals surface area contributed by atoms with Gasteiger partial charge in [-0.25, -0.2) is 0 Å². The maximum atomic E-state index is 10.9. The summed E-state index contributed by atoms with van der Waals surface area (Å²) in [6.45, 7) is 0. The topological polar surface area (TPSA) is 78.3 Å². The van der Waals surface area contributed by atoms with Crippen LogP contribution in [-0.2, 0) is 0 Å². The van der Waals surface area contributed by atoms with Gasteiger partial charge in [0.15, 0.2) is 17.9 Å². The monoisotopic (exact) mass is 218 g/mol. The highest BCUT2D eigenvalue weighted by Gasteiger charge is 2.10. The van der Waals surface area contributed by atoms with Gasteiger partial charge in [-0.3, -0.25) is 4.79 Å². The molecule has 0 fully saturated rings. The van der Waals surface area contributed by atoms with Crippen molar-refractivity contribution in [3.05, 3.63) is 29.8 Å². The normalized spacial score (nSPS) is 10.1. The van der Waals surface area contributed by atoms with E-state index in [0.717, 1.165) is 6.29 Å². The Morgan fingerprint density at radius 2 is 2.25 bits per heavy atom. The second-order valence-electron chi connectivity index (χ2n) is 3.19. The van der Waals surface area contributed by atoms with E-state index in [1.54, 1.807) is 24.3 Å². The van der Waals surface area contributed by atoms with Crippen LogP contribution >= 0.6 is 0 Å². The first kappa shape index (κ1) is 10.2. The number of anilines is 1. The Bertz CT molecular complexity index is 520. The summed E-state index contributed by atoms with van der Waals surface area (Å²) in [4.78, 5) is 10.9. The van der Waals surface area contributed by atoms with Crippen molar-refractivity contribution in [2.75, 3.05) is 12.8 Å². The smallest absolute Gasteiger partial charge is 0.169 e. The average Bonchev–Trinajstić information content (AvgIpc) is 2.74.